The van der Waals surface area contributed by atoms with Gasteiger partial charge < -0.3 is 10.5 Å². The number of hydrogen-bond donors (Lipinski definition) is 1. The highest BCUT2D eigenvalue weighted by atomic mass is 79.9. The minimum Gasteiger partial charge on any atom is -0.493 e. The second kappa shape index (κ2) is 6.07. The molecule has 0 bridgehead atoms. The fourth-order valence-electron chi connectivity index (χ4n) is 2.39. The number of benzene rings is 1. The zero-order valence-corrected chi connectivity index (χ0v) is 12.8. The van der Waals surface area contributed by atoms with E-state index >= 15 is 0 Å². The van der Waals surface area contributed by atoms with Crippen molar-refractivity contribution in [3.8, 4) is 5.75 Å². The predicted molar refractivity (Wildman–Crippen MR) is 79.1 cm³/mol. The van der Waals surface area contributed by atoms with E-state index in [0.29, 0.717) is 12.0 Å². The Bertz CT molecular complexity index is 417. The molecule has 100 valence electrons. The smallest absolute Gasteiger partial charge is 0.125 e. The highest BCUT2D eigenvalue weighted by Gasteiger charge is 2.17. The van der Waals surface area contributed by atoms with Crippen LogP contribution in [0.15, 0.2) is 16.6 Å². The number of rotatable bonds is 5. The van der Waals surface area contributed by atoms with Crippen LogP contribution in [0.5, 0.6) is 5.75 Å². The Morgan fingerprint density at radius 2 is 2.17 bits per heavy atom. The average Bonchev–Trinajstić information content (AvgIpc) is 2.76. The third kappa shape index (κ3) is 3.27. The van der Waals surface area contributed by atoms with Gasteiger partial charge in [-0.2, -0.15) is 0 Å². The largest absolute Gasteiger partial charge is 0.493 e. The first kappa shape index (κ1) is 13.9. The fraction of sp³-hybridized carbons (Fsp3) is 0.600. The van der Waals surface area contributed by atoms with Gasteiger partial charge in [-0.3, -0.25) is 0 Å². The maximum atomic E-state index is 6.08. The fourth-order valence-corrected chi connectivity index (χ4v) is 2.95. The van der Waals surface area contributed by atoms with E-state index in [1.54, 1.807) is 0 Å². The van der Waals surface area contributed by atoms with E-state index < -0.39 is 0 Å². The van der Waals surface area contributed by atoms with Gasteiger partial charge in [-0.25, -0.2) is 0 Å². The molecule has 0 fully saturated rings. The van der Waals surface area contributed by atoms with Crippen molar-refractivity contribution in [1.82, 2.24) is 0 Å². The van der Waals surface area contributed by atoms with E-state index in [2.05, 4.69) is 41.9 Å². The van der Waals surface area contributed by atoms with Gasteiger partial charge in [0.1, 0.15) is 5.75 Å². The molecule has 0 amide bonds. The van der Waals surface area contributed by atoms with Gasteiger partial charge in [-0.1, -0.05) is 29.8 Å². The first-order valence-corrected chi connectivity index (χ1v) is 7.57. The molecule has 1 heterocycles. The summed E-state index contributed by atoms with van der Waals surface area (Å²) < 4.78 is 6.90. The summed E-state index contributed by atoms with van der Waals surface area (Å²) in [7, 11) is 0. The van der Waals surface area contributed by atoms with Gasteiger partial charge in [-0.05, 0) is 48.4 Å². The summed E-state index contributed by atoms with van der Waals surface area (Å²) >= 11 is 3.58. The Hall–Kier alpha value is -0.540. The van der Waals surface area contributed by atoms with E-state index in [0.717, 1.165) is 42.5 Å². The monoisotopic (exact) mass is 311 g/mol. The van der Waals surface area contributed by atoms with Crippen molar-refractivity contribution >= 4 is 15.9 Å². The Morgan fingerprint density at radius 3 is 2.89 bits per heavy atom. The lowest BCUT2D eigenvalue weighted by atomic mass is 9.97. The van der Waals surface area contributed by atoms with Crippen molar-refractivity contribution in [2.75, 3.05) is 6.61 Å². The highest BCUT2D eigenvalue weighted by molar-refractivity contribution is 9.10. The Balaban J connectivity index is 1.98. The van der Waals surface area contributed by atoms with Crippen LogP contribution in [0.1, 0.15) is 37.8 Å². The number of hydrogen-bond acceptors (Lipinski definition) is 2. The third-order valence-electron chi connectivity index (χ3n) is 3.67. The second-order valence-corrected chi connectivity index (χ2v) is 6.37. The van der Waals surface area contributed by atoms with Crippen LogP contribution in [0, 0.1) is 5.92 Å². The van der Waals surface area contributed by atoms with E-state index in [4.69, 9.17) is 10.5 Å². The lowest BCUT2D eigenvalue weighted by Crippen LogP contribution is -2.26. The predicted octanol–water partition coefficient (Wildman–Crippen LogP) is 3.69. The van der Waals surface area contributed by atoms with Gasteiger partial charge in [0.2, 0.25) is 0 Å². The Labute approximate surface area is 118 Å². The van der Waals surface area contributed by atoms with E-state index in [1.807, 2.05) is 0 Å². The summed E-state index contributed by atoms with van der Waals surface area (Å²) in [6, 6.07) is 4.67. The summed E-state index contributed by atoms with van der Waals surface area (Å²) in [5.74, 6) is 1.69. The first-order valence-electron chi connectivity index (χ1n) is 6.77. The summed E-state index contributed by atoms with van der Waals surface area (Å²) in [4.78, 5) is 0. The molecule has 1 aliphatic rings. The minimum atomic E-state index is 0.311. The van der Waals surface area contributed by atoms with Crippen LogP contribution in [0.4, 0.5) is 0 Å². The van der Waals surface area contributed by atoms with Crippen LogP contribution in [0.25, 0.3) is 0 Å². The lowest BCUT2D eigenvalue weighted by Gasteiger charge is -2.15. The van der Waals surface area contributed by atoms with Crippen LogP contribution in [-0.2, 0) is 12.8 Å². The van der Waals surface area contributed by atoms with Gasteiger partial charge in [0.05, 0.1) is 6.61 Å². The summed E-state index contributed by atoms with van der Waals surface area (Å²) in [5, 5.41) is 0. The molecule has 0 radical (unpaired) electrons. The van der Waals surface area contributed by atoms with E-state index in [1.165, 1.54) is 11.1 Å². The molecule has 3 heteroatoms. The maximum Gasteiger partial charge on any atom is 0.125 e. The quantitative estimate of drug-likeness (QED) is 0.900. The van der Waals surface area contributed by atoms with Crippen molar-refractivity contribution < 1.29 is 4.74 Å². The zero-order chi connectivity index (χ0) is 13.1. The summed E-state index contributed by atoms with van der Waals surface area (Å²) in [5.41, 5.74) is 8.75. The van der Waals surface area contributed by atoms with Crippen molar-refractivity contribution in [1.29, 1.82) is 0 Å². The highest BCUT2D eigenvalue weighted by Crippen LogP contribution is 2.33. The number of nitrogens with two attached hydrogens (primary N) is 1. The van der Waals surface area contributed by atoms with Crippen molar-refractivity contribution in [3.63, 3.8) is 0 Å². The molecule has 1 aliphatic heterocycles. The van der Waals surface area contributed by atoms with Gasteiger partial charge in [-0.15, -0.1) is 0 Å². The average molecular weight is 312 g/mol. The van der Waals surface area contributed by atoms with E-state index in [-0.39, 0.29) is 0 Å². The van der Waals surface area contributed by atoms with Gasteiger partial charge in [0.25, 0.3) is 0 Å². The van der Waals surface area contributed by atoms with Gasteiger partial charge >= 0.3 is 0 Å². The first-order chi connectivity index (χ1) is 8.58. The van der Waals surface area contributed by atoms with Crippen LogP contribution >= 0.6 is 15.9 Å². The number of fused-ring (bicyclic) bond motifs is 1. The molecule has 2 rings (SSSR count). The third-order valence-corrected chi connectivity index (χ3v) is 4.12. The van der Waals surface area contributed by atoms with Crippen LogP contribution < -0.4 is 10.5 Å². The molecule has 0 saturated heterocycles. The molecule has 1 atom stereocenters. The SMILES string of the molecule is CC(C)C(N)CCCc1cc(Br)cc2c1OCC2. The molecule has 1 aromatic carbocycles. The molecule has 0 saturated carbocycles. The molecular formula is C15H22BrNO. The van der Waals surface area contributed by atoms with Gasteiger partial charge in [0.15, 0.2) is 0 Å². The molecular weight excluding hydrogens is 290 g/mol. The number of aryl methyl sites for hydroxylation is 1. The zero-order valence-electron chi connectivity index (χ0n) is 11.2. The Kier molecular flexibility index (Phi) is 4.68. The number of halogens is 1. The topological polar surface area (TPSA) is 35.2 Å². The van der Waals surface area contributed by atoms with E-state index in [9.17, 15) is 0 Å². The molecule has 0 aliphatic carbocycles. The molecule has 18 heavy (non-hydrogen) atoms. The molecule has 1 aromatic rings. The van der Waals surface area contributed by atoms with Crippen LogP contribution in [-0.4, -0.2) is 12.6 Å². The summed E-state index contributed by atoms with van der Waals surface area (Å²) in [6.45, 7) is 5.19. The van der Waals surface area contributed by atoms with Crippen LogP contribution in [0.3, 0.4) is 0 Å². The van der Waals surface area contributed by atoms with Crippen LogP contribution in [0.2, 0.25) is 0 Å². The Morgan fingerprint density at radius 1 is 1.39 bits per heavy atom. The van der Waals surface area contributed by atoms with Crippen molar-refractivity contribution in [2.45, 2.75) is 45.6 Å². The van der Waals surface area contributed by atoms with Gasteiger partial charge in [0, 0.05) is 16.9 Å². The molecule has 0 aromatic heterocycles. The number of ether oxygens (including phenoxy) is 1. The van der Waals surface area contributed by atoms with Crippen molar-refractivity contribution in [3.05, 3.63) is 27.7 Å². The molecule has 0 spiro atoms. The normalized spacial score (nSPS) is 15.6. The minimum absolute atomic E-state index is 0.311. The second-order valence-electron chi connectivity index (χ2n) is 5.45. The molecule has 2 N–H and O–H groups in total. The lowest BCUT2D eigenvalue weighted by molar-refractivity contribution is 0.352. The van der Waals surface area contributed by atoms with Crippen molar-refractivity contribution in [2.24, 2.45) is 11.7 Å². The summed E-state index contributed by atoms with van der Waals surface area (Å²) in [6.07, 6.45) is 4.31. The molecule has 2 nitrogen and oxygen atoms in total. The molecule has 1 unspecified atom stereocenters. The maximum absolute atomic E-state index is 6.08. The standard InChI is InChI=1S/C15H22BrNO/c1-10(2)14(17)5-3-4-11-8-13(16)9-12-6-7-18-15(11)12/h8-10,14H,3-7,17H2,1-2H3.